The predicted octanol–water partition coefficient (Wildman–Crippen LogP) is 3.28. The van der Waals surface area contributed by atoms with Crippen LogP contribution in [0, 0.1) is 0 Å². The highest BCUT2D eigenvalue weighted by Crippen LogP contribution is 2.38. The van der Waals surface area contributed by atoms with Crippen LogP contribution in [0.15, 0.2) is 12.3 Å². The molecule has 7 heteroatoms. The fourth-order valence-corrected chi connectivity index (χ4v) is 1.72. The normalized spacial score (nSPS) is 12.1. The third-order valence-electron chi connectivity index (χ3n) is 2.19. The highest BCUT2D eigenvalue weighted by molar-refractivity contribution is 6.30. The van der Waals surface area contributed by atoms with Crippen molar-refractivity contribution in [3.63, 3.8) is 0 Å². The second-order valence-corrected chi connectivity index (χ2v) is 3.55. The zero-order valence-electron chi connectivity index (χ0n) is 8.11. The average molecular weight is 250 g/mol. The molecule has 0 atom stereocenters. The molecule has 0 fully saturated rings. The van der Waals surface area contributed by atoms with Crippen LogP contribution in [0.5, 0.6) is 0 Å². The summed E-state index contributed by atoms with van der Waals surface area (Å²) in [7, 11) is 1.53. The van der Waals surface area contributed by atoms with Crippen LogP contribution >= 0.6 is 11.6 Å². The lowest BCUT2D eigenvalue weighted by molar-refractivity contribution is -0.136. The lowest BCUT2D eigenvalue weighted by atomic mass is 10.2. The number of fused-ring (bicyclic) bond motifs is 1. The van der Waals surface area contributed by atoms with Crippen molar-refractivity contribution in [2.75, 3.05) is 12.4 Å². The SMILES string of the molecule is CNc1cc(Cl)nc2[nH]cc(C(F)(F)F)c12. The number of halogens is 4. The standard InChI is InChI=1S/C9H7ClF3N3/c1-14-5-2-6(10)16-8-7(5)4(3-15-8)9(11,12)13/h2-3H,1H3,(H2,14,15,16). The fraction of sp³-hybridized carbons (Fsp3) is 0.222. The van der Waals surface area contributed by atoms with E-state index in [0.717, 1.165) is 6.20 Å². The number of aromatic amines is 1. The van der Waals surface area contributed by atoms with Gasteiger partial charge in [0, 0.05) is 18.9 Å². The summed E-state index contributed by atoms with van der Waals surface area (Å²) >= 11 is 5.67. The maximum Gasteiger partial charge on any atom is 0.418 e. The maximum absolute atomic E-state index is 12.7. The minimum atomic E-state index is -4.42. The van der Waals surface area contributed by atoms with E-state index >= 15 is 0 Å². The van der Waals surface area contributed by atoms with Crippen LogP contribution in [0.2, 0.25) is 5.15 Å². The van der Waals surface area contributed by atoms with Crippen LogP contribution in [0.25, 0.3) is 11.0 Å². The van der Waals surface area contributed by atoms with Crippen molar-refractivity contribution in [3.05, 3.63) is 23.0 Å². The number of nitrogens with zero attached hydrogens (tertiary/aromatic N) is 1. The van der Waals surface area contributed by atoms with Gasteiger partial charge in [-0.15, -0.1) is 0 Å². The minimum Gasteiger partial charge on any atom is -0.387 e. The van der Waals surface area contributed by atoms with Crippen molar-refractivity contribution >= 4 is 28.3 Å². The van der Waals surface area contributed by atoms with Gasteiger partial charge < -0.3 is 10.3 Å². The number of rotatable bonds is 1. The molecule has 0 aliphatic heterocycles. The highest BCUT2D eigenvalue weighted by Gasteiger charge is 2.34. The number of pyridine rings is 1. The van der Waals surface area contributed by atoms with Crippen molar-refractivity contribution in [2.45, 2.75) is 6.18 Å². The molecule has 0 saturated carbocycles. The van der Waals surface area contributed by atoms with Gasteiger partial charge in [0.2, 0.25) is 0 Å². The van der Waals surface area contributed by atoms with Crippen LogP contribution in [0.1, 0.15) is 5.56 Å². The lowest BCUT2D eigenvalue weighted by Crippen LogP contribution is -2.04. The molecule has 0 unspecified atom stereocenters. The van der Waals surface area contributed by atoms with Gasteiger partial charge in [0.15, 0.2) is 0 Å². The fourth-order valence-electron chi connectivity index (χ4n) is 1.52. The molecule has 2 rings (SSSR count). The Balaban J connectivity index is 2.80. The van der Waals surface area contributed by atoms with Crippen LogP contribution in [-0.4, -0.2) is 17.0 Å². The van der Waals surface area contributed by atoms with E-state index in [1.807, 2.05) is 0 Å². The molecule has 0 aliphatic rings. The zero-order valence-corrected chi connectivity index (χ0v) is 8.87. The Hall–Kier alpha value is -1.43. The Morgan fingerprint density at radius 3 is 2.69 bits per heavy atom. The Labute approximate surface area is 93.6 Å². The Kier molecular flexibility index (Phi) is 2.46. The Morgan fingerprint density at radius 2 is 2.12 bits per heavy atom. The summed E-state index contributed by atoms with van der Waals surface area (Å²) in [6.07, 6.45) is -3.53. The van der Waals surface area contributed by atoms with Gasteiger partial charge >= 0.3 is 6.18 Å². The first-order valence-corrected chi connectivity index (χ1v) is 4.74. The van der Waals surface area contributed by atoms with Gasteiger partial charge in [0.1, 0.15) is 10.8 Å². The predicted molar refractivity (Wildman–Crippen MR) is 55.7 cm³/mol. The minimum absolute atomic E-state index is 0.000556. The lowest BCUT2D eigenvalue weighted by Gasteiger charge is -2.08. The van der Waals surface area contributed by atoms with E-state index in [0.29, 0.717) is 5.69 Å². The van der Waals surface area contributed by atoms with E-state index < -0.39 is 11.7 Å². The van der Waals surface area contributed by atoms with E-state index in [1.54, 1.807) is 0 Å². The van der Waals surface area contributed by atoms with E-state index in [1.165, 1.54) is 13.1 Å². The molecule has 3 nitrogen and oxygen atoms in total. The van der Waals surface area contributed by atoms with Crippen LogP contribution in [0.4, 0.5) is 18.9 Å². The highest BCUT2D eigenvalue weighted by atomic mass is 35.5. The Morgan fingerprint density at radius 1 is 1.44 bits per heavy atom. The van der Waals surface area contributed by atoms with E-state index in [-0.39, 0.29) is 16.2 Å². The first kappa shape index (κ1) is 11.1. The number of anilines is 1. The van der Waals surface area contributed by atoms with Gasteiger partial charge in [0.05, 0.1) is 10.9 Å². The summed E-state index contributed by atoms with van der Waals surface area (Å²) in [5.74, 6) is 0. The molecule has 0 amide bonds. The number of nitrogens with one attached hydrogen (secondary N) is 2. The number of hydrogen-bond donors (Lipinski definition) is 2. The summed E-state index contributed by atoms with van der Waals surface area (Å²) in [5, 5.41) is 2.80. The van der Waals surface area contributed by atoms with Crippen LogP contribution in [0.3, 0.4) is 0 Å². The van der Waals surface area contributed by atoms with Gasteiger partial charge in [-0.2, -0.15) is 13.2 Å². The third-order valence-corrected chi connectivity index (χ3v) is 2.38. The Bertz CT molecular complexity index is 533. The van der Waals surface area contributed by atoms with Gasteiger partial charge in [-0.1, -0.05) is 11.6 Å². The molecular weight excluding hydrogens is 243 g/mol. The maximum atomic E-state index is 12.7. The molecule has 86 valence electrons. The molecule has 2 N–H and O–H groups in total. The second-order valence-electron chi connectivity index (χ2n) is 3.17. The van der Waals surface area contributed by atoms with Crippen LogP contribution < -0.4 is 5.32 Å². The van der Waals surface area contributed by atoms with Gasteiger partial charge in [-0.3, -0.25) is 0 Å². The van der Waals surface area contributed by atoms with Crippen molar-refractivity contribution in [1.29, 1.82) is 0 Å². The molecule has 0 saturated heterocycles. The first-order valence-electron chi connectivity index (χ1n) is 4.36. The van der Waals surface area contributed by atoms with Gasteiger partial charge in [0.25, 0.3) is 0 Å². The molecule has 2 aromatic heterocycles. The molecule has 2 aromatic rings. The second kappa shape index (κ2) is 3.55. The quantitative estimate of drug-likeness (QED) is 0.762. The average Bonchev–Trinajstić information content (AvgIpc) is 2.59. The van der Waals surface area contributed by atoms with E-state index in [9.17, 15) is 13.2 Å². The van der Waals surface area contributed by atoms with Crippen molar-refractivity contribution < 1.29 is 13.2 Å². The van der Waals surface area contributed by atoms with Gasteiger partial charge in [-0.05, 0) is 6.07 Å². The molecular formula is C9H7ClF3N3. The third kappa shape index (κ3) is 1.69. The number of alkyl halides is 3. The zero-order chi connectivity index (χ0) is 11.9. The summed E-state index contributed by atoms with van der Waals surface area (Å²) in [5.41, 5.74) is -0.344. The molecule has 0 bridgehead atoms. The van der Waals surface area contributed by atoms with Crippen LogP contribution in [-0.2, 0) is 6.18 Å². The summed E-state index contributed by atoms with van der Waals surface area (Å²) < 4.78 is 38.0. The summed E-state index contributed by atoms with van der Waals surface area (Å²) in [6.45, 7) is 0. The number of H-pyrrole nitrogens is 1. The van der Waals surface area contributed by atoms with Crippen molar-refractivity contribution in [2.24, 2.45) is 0 Å². The molecule has 16 heavy (non-hydrogen) atoms. The molecule has 0 radical (unpaired) electrons. The summed E-state index contributed by atoms with van der Waals surface area (Å²) in [6, 6.07) is 1.35. The largest absolute Gasteiger partial charge is 0.418 e. The van der Waals surface area contributed by atoms with Crippen molar-refractivity contribution in [3.8, 4) is 0 Å². The first-order chi connectivity index (χ1) is 7.43. The molecule has 2 heterocycles. The van der Waals surface area contributed by atoms with E-state index in [4.69, 9.17) is 11.6 Å². The van der Waals surface area contributed by atoms with Gasteiger partial charge in [-0.25, -0.2) is 4.98 Å². The smallest absolute Gasteiger partial charge is 0.387 e. The molecule has 0 aromatic carbocycles. The monoisotopic (exact) mass is 249 g/mol. The topological polar surface area (TPSA) is 40.7 Å². The number of hydrogen-bond acceptors (Lipinski definition) is 2. The molecule has 0 spiro atoms. The molecule has 0 aliphatic carbocycles. The number of aromatic nitrogens is 2. The summed E-state index contributed by atoms with van der Waals surface area (Å²) in [4.78, 5) is 6.24. The van der Waals surface area contributed by atoms with Crippen molar-refractivity contribution in [1.82, 2.24) is 9.97 Å². The van der Waals surface area contributed by atoms with E-state index in [2.05, 4.69) is 15.3 Å².